The molecule has 0 aliphatic carbocycles. The maximum atomic E-state index is 11.0. The minimum Gasteiger partial charge on any atom is -0.448 e. The molecule has 0 saturated carbocycles. The SMILES string of the molecule is CCS(=O)(=O)NCc1ccc(Cl)o1. The molecule has 0 radical (unpaired) electrons. The number of sulfonamides is 1. The second kappa shape index (κ2) is 4.13. The lowest BCUT2D eigenvalue weighted by atomic mass is 10.5. The van der Waals surface area contributed by atoms with Gasteiger partial charge in [0.2, 0.25) is 10.0 Å². The van der Waals surface area contributed by atoms with E-state index in [4.69, 9.17) is 16.0 Å². The van der Waals surface area contributed by atoms with E-state index in [1.54, 1.807) is 19.1 Å². The normalized spacial score (nSPS) is 11.8. The third kappa shape index (κ3) is 3.38. The van der Waals surface area contributed by atoms with Crippen molar-refractivity contribution in [2.45, 2.75) is 13.5 Å². The molecule has 0 unspecified atom stereocenters. The van der Waals surface area contributed by atoms with Gasteiger partial charge in [-0.25, -0.2) is 13.1 Å². The Morgan fingerprint density at radius 2 is 2.23 bits per heavy atom. The van der Waals surface area contributed by atoms with E-state index in [9.17, 15) is 8.42 Å². The van der Waals surface area contributed by atoms with Crippen molar-refractivity contribution in [2.24, 2.45) is 0 Å². The first-order valence-electron chi connectivity index (χ1n) is 3.75. The van der Waals surface area contributed by atoms with Crippen molar-refractivity contribution < 1.29 is 12.8 Å². The highest BCUT2D eigenvalue weighted by Crippen LogP contribution is 2.12. The van der Waals surface area contributed by atoms with E-state index < -0.39 is 10.0 Å². The molecule has 74 valence electrons. The lowest BCUT2D eigenvalue weighted by Gasteiger charge is -2.00. The molecule has 1 aromatic rings. The van der Waals surface area contributed by atoms with Crippen molar-refractivity contribution in [1.82, 2.24) is 4.72 Å². The fourth-order valence-electron chi connectivity index (χ4n) is 0.730. The fraction of sp³-hybridized carbons (Fsp3) is 0.429. The van der Waals surface area contributed by atoms with Crippen LogP contribution in [0.15, 0.2) is 16.5 Å². The van der Waals surface area contributed by atoms with Gasteiger partial charge in [-0.2, -0.15) is 0 Å². The third-order valence-electron chi connectivity index (χ3n) is 1.48. The molecule has 0 aromatic carbocycles. The molecule has 13 heavy (non-hydrogen) atoms. The number of hydrogen-bond acceptors (Lipinski definition) is 3. The van der Waals surface area contributed by atoms with Crippen LogP contribution >= 0.6 is 11.6 Å². The molecule has 0 fully saturated rings. The van der Waals surface area contributed by atoms with Gasteiger partial charge in [-0.15, -0.1) is 0 Å². The Morgan fingerprint density at radius 3 is 2.69 bits per heavy atom. The molecule has 0 aliphatic heterocycles. The zero-order valence-electron chi connectivity index (χ0n) is 7.08. The van der Waals surface area contributed by atoms with E-state index in [0.29, 0.717) is 5.76 Å². The highest BCUT2D eigenvalue weighted by molar-refractivity contribution is 7.89. The minimum atomic E-state index is -3.16. The quantitative estimate of drug-likeness (QED) is 0.839. The summed E-state index contributed by atoms with van der Waals surface area (Å²) >= 11 is 5.50. The predicted octanol–water partition coefficient (Wildman–Crippen LogP) is 1.37. The molecule has 1 N–H and O–H groups in total. The van der Waals surface area contributed by atoms with E-state index in [0.717, 1.165) is 0 Å². The summed E-state index contributed by atoms with van der Waals surface area (Å²) in [6.07, 6.45) is 0. The monoisotopic (exact) mass is 223 g/mol. The van der Waals surface area contributed by atoms with Crippen molar-refractivity contribution >= 4 is 21.6 Å². The largest absolute Gasteiger partial charge is 0.448 e. The van der Waals surface area contributed by atoms with Crippen LogP contribution in [0.4, 0.5) is 0 Å². The minimum absolute atomic E-state index is 0.0570. The zero-order valence-corrected chi connectivity index (χ0v) is 8.65. The first kappa shape index (κ1) is 10.6. The number of nitrogens with one attached hydrogen (secondary N) is 1. The summed E-state index contributed by atoms with van der Waals surface area (Å²) in [5, 5.41) is 0.255. The van der Waals surface area contributed by atoms with E-state index in [1.807, 2.05) is 0 Å². The van der Waals surface area contributed by atoms with Crippen LogP contribution in [0.5, 0.6) is 0 Å². The lowest BCUT2D eigenvalue weighted by molar-refractivity contribution is 0.500. The maximum absolute atomic E-state index is 11.0. The summed E-state index contributed by atoms with van der Waals surface area (Å²) in [6.45, 7) is 1.71. The van der Waals surface area contributed by atoms with Gasteiger partial charge in [-0.1, -0.05) is 0 Å². The van der Waals surface area contributed by atoms with Gasteiger partial charge in [0.1, 0.15) is 5.76 Å². The molecule has 6 heteroatoms. The Balaban J connectivity index is 2.53. The topological polar surface area (TPSA) is 59.3 Å². The smallest absolute Gasteiger partial charge is 0.211 e. The van der Waals surface area contributed by atoms with E-state index >= 15 is 0 Å². The van der Waals surface area contributed by atoms with Crippen LogP contribution in [0.3, 0.4) is 0 Å². The molecule has 0 bridgehead atoms. The van der Waals surface area contributed by atoms with Crippen LogP contribution in [0, 0.1) is 0 Å². The number of halogens is 1. The Hall–Kier alpha value is -0.520. The van der Waals surface area contributed by atoms with Gasteiger partial charge in [0.05, 0.1) is 12.3 Å². The van der Waals surface area contributed by atoms with E-state index in [2.05, 4.69) is 4.72 Å². The molecule has 0 spiro atoms. The Kier molecular flexibility index (Phi) is 3.35. The van der Waals surface area contributed by atoms with Crippen LogP contribution < -0.4 is 4.72 Å². The highest BCUT2D eigenvalue weighted by Gasteiger charge is 2.07. The average Bonchev–Trinajstić information content (AvgIpc) is 2.48. The molecule has 0 atom stereocenters. The predicted molar refractivity (Wildman–Crippen MR) is 50.0 cm³/mol. The van der Waals surface area contributed by atoms with Gasteiger partial charge in [0.15, 0.2) is 5.22 Å². The van der Waals surface area contributed by atoms with Crippen LogP contribution in [0.25, 0.3) is 0 Å². The molecule has 0 amide bonds. The van der Waals surface area contributed by atoms with Gasteiger partial charge in [-0.05, 0) is 30.7 Å². The van der Waals surface area contributed by atoms with Crippen LogP contribution in [-0.2, 0) is 16.6 Å². The Labute approximate surface area is 81.9 Å². The Morgan fingerprint density at radius 1 is 1.54 bits per heavy atom. The number of rotatable bonds is 4. The lowest BCUT2D eigenvalue weighted by Crippen LogP contribution is -2.24. The molecular formula is C7H10ClNO3S. The maximum Gasteiger partial charge on any atom is 0.211 e. The molecule has 0 aliphatic rings. The van der Waals surface area contributed by atoms with Gasteiger partial charge in [-0.3, -0.25) is 0 Å². The zero-order chi connectivity index (χ0) is 9.90. The molecule has 4 nitrogen and oxygen atoms in total. The summed E-state index contributed by atoms with van der Waals surface area (Å²) in [5.74, 6) is 0.559. The summed E-state index contributed by atoms with van der Waals surface area (Å²) in [6, 6.07) is 3.19. The second-order valence-electron chi connectivity index (χ2n) is 2.43. The van der Waals surface area contributed by atoms with E-state index in [-0.39, 0.29) is 17.5 Å². The van der Waals surface area contributed by atoms with Crippen molar-refractivity contribution in [3.63, 3.8) is 0 Å². The van der Waals surface area contributed by atoms with Crippen molar-refractivity contribution in [2.75, 3.05) is 5.75 Å². The van der Waals surface area contributed by atoms with Crippen molar-refractivity contribution in [3.05, 3.63) is 23.1 Å². The van der Waals surface area contributed by atoms with Crippen LogP contribution in [-0.4, -0.2) is 14.2 Å². The molecule has 0 saturated heterocycles. The highest BCUT2D eigenvalue weighted by atomic mass is 35.5. The van der Waals surface area contributed by atoms with Crippen molar-refractivity contribution in [3.8, 4) is 0 Å². The average molecular weight is 224 g/mol. The first-order chi connectivity index (χ1) is 6.03. The Bertz CT molecular complexity index is 371. The standard InChI is InChI=1S/C7H10ClNO3S/c1-2-13(10,11)9-5-6-3-4-7(8)12-6/h3-4,9H,2,5H2,1H3. The van der Waals surface area contributed by atoms with Crippen molar-refractivity contribution in [1.29, 1.82) is 0 Å². The van der Waals surface area contributed by atoms with E-state index in [1.165, 1.54) is 0 Å². The summed E-state index contributed by atoms with van der Waals surface area (Å²) in [7, 11) is -3.16. The number of hydrogen-bond donors (Lipinski definition) is 1. The summed E-state index contributed by atoms with van der Waals surface area (Å²) in [5.41, 5.74) is 0. The first-order valence-corrected chi connectivity index (χ1v) is 5.78. The molecule has 1 aromatic heterocycles. The number of furan rings is 1. The molecule has 1 heterocycles. The van der Waals surface area contributed by atoms with Gasteiger partial charge in [0, 0.05) is 0 Å². The van der Waals surface area contributed by atoms with Crippen LogP contribution in [0.1, 0.15) is 12.7 Å². The van der Waals surface area contributed by atoms with Crippen LogP contribution in [0.2, 0.25) is 5.22 Å². The van der Waals surface area contributed by atoms with Gasteiger partial charge >= 0.3 is 0 Å². The molecule has 1 rings (SSSR count). The molecular weight excluding hydrogens is 214 g/mol. The fourth-order valence-corrected chi connectivity index (χ4v) is 1.46. The summed E-state index contributed by atoms with van der Waals surface area (Å²) < 4.78 is 29.3. The summed E-state index contributed by atoms with van der Waals surface area (Å²) in [4.78, 5) is 0. The third-order valence-corrected chi connectivity index (χ3v) is 3.02. The second-order valence-corrected chi connectivity index (χ2v) is 4.90. The van der Waals surface area contributed by atoms with Gasteiger partial charge < -0.3 is 4.42 Å². The van der Waals surface area contributed by atoms with Gasteiger partial charge in [0.25, 0.3) is 0 Å².